The number of aromatic hydroxyl groups is 1. The molecule has 6 nitrogen and oxygen atoms in total. The van der Waals surface area contributed by atoms with Gasteiger partial charge in [-0.05, 0) is 42.0 Å². The van der Waals surface area contributed by atoms with Crippen LogP contribution in [0.3, 0.4) is 0 Å². The summed E-state index contributed by atoms with van der Waals surface area (Å²) in [7, 11) is 2.88. The fourth-order valence-electron chi connectivity index (χ4n) is 2.97. The maximum Gasteiger partial charge on any atom is 0.295 e. The van der Waals surface area contributed by atoms with E-state index in [-0.39, 0.29) is 22.8 Å². The smallest absolute Gasteiger partial charge is 0.295 e. The fourth-order valence-corrected chi connectivity index (χ4v) is 3.09. The number of methoxy groups -OCH3 is 1. The molecule has 2 aromatic carbocycles. The Kier molecular flexibility index (Phi) is 4.61. The normalized spacial score (nSPS) is 19.0. The second-order valence-corrected chi connectivity index (χ2v) is 6.28. The number of phenols is 1. The Morgan fingerprint density at radius 3 is 2.42 bits per heavy atom. The van der Waals surface area contributed by atoms with E-state index in [9.17, 15) is 19.8 Å². The van der Waals surface area contributed by atoms with E-state index in [1.54, 1.807) is 30.3 Å². The summed E-state index contributed by atoms with van der Waals surface area (Å²) in [6, 6.07) is 9.99. The van der Waals surface area contributed by atoms with Crippen molar-refractivity contribution in [2.24, 2.45) is 0 Å². The van der Waals surface area contributed by atoms with Gasteiger partial charge >= 0.3 is 0 Å². The van der Waals surface area contributed by atoms with E-state index in [0.29, 0.717) is 16.1 Å². The number of rotatable bonds is 3. The van der Waals surface area contributed by atoms with Gasteiger partial charge in [0.2, 0.25) is 0 Å². The Labute approximate surface area is 154 Å². The number of likely N-dealkylation sites (N-methyl/N-ethyl adjacent to an activating group) is 1. The summed E-state index contributed by atoms with van der Waals surface area (Å²) in [5.74, 6) is -1.66. The van der Waals surface area contributed by atoms with E-state index in [0.717, 1.165) is 0 Å². The number of hydrogen-bond donors (Lipinski definition) is 2. The van der Waals surface area contributed by atoms with Crippen molar-refractivity contribution in [1.29, 1.82) is 0 Å². The highest BCUT2D eigenvalue weighted by molar-refractivity contribution is 6.46. The van der Waals surface area contributed by atoms with Gasteiger partial charge in [0.25, 0.3) is 11.7 Å². The zero-order valence-corrected chi connectivity index (χ0v) is 14.8. The molecule has 0 bridgehead atoms. The number of nitrogens with zero attached hydrogens (tertiary/aromatic N) is 1. The first-order chi connectivity index (χ1) is 12.3. The third-order valence-electron chi connectivity index (χ3n) is 4.31. The lowest BCUT2D eigenvalue weighted by Crippen LogP contribution is -2.24. The number of Topliss-reactive ketones (excluding diaryl/α,β-unsaturated/α-hetero) is 1. The molecule has 0 radical (unpaired) electrons. The Morgan fingerprint density at radius 1 is 1.15 bits per heavy atom. The van der Waals surface area contributed by atoms with Crippen LogP contribution in [0.15, 0.2) is 48.0 Å². The molecule has 1 atom stereocenters. The summed E-state index contributed by atoms with van der Waals surface area (Å²) in [6.07, 6.45) is 0. The average Bonchev–Trinajstić information content (AvgIpc) is 2.86. The molecule has 0 unspecified atom stereocenters. The largest absolute Gasteiger partial charge is 0.507 e. The first-order valence-corrected chi connectivity index (χ1v) is 8.10. The maximum absolute atomic E-state index is 12.5. The van der Waals surface area contributed by atoms with Crippen LogP contribution in [0.1, 0.15) is 17.2 Å². The molecule has 3 rings (SSSR count). The molecule has 1 amide bonds. The van der Waals surface area contributed by atoms with Crippen molar-refractivity contribution < 1.29 is 24.5 Å². The third-order valence-corrected chi connectivity index (χ3v) is 4.56. The molecule has 2 N–H and O–H groups in total. The predicted octanol–water partition coefficient (Wildman–Crippen LogP) is 3.11. The minimum atomic E-state index is -0.805. The van der Waals surface area contributed by atoms with Crippen molar-refractivity contribution >= 4 is 29.1 Å². The Balaban J connectivity index is 2.18. The number of aliphatic hydroxyl groups excluding tert-OH is 1. The second kappa shape index (κ2) is 6.72. The van der Waals surface area contributed by atoms with Crippen molar-refractivity contribution in [3.63, 3.8) is 0 Å². The number of benzene rings is 2. The van der Waals surface area contributed by atoms with Crippen LogP contribution in [0.4, 0.5) is 0 Å². The van der Waals surface area contributed by atoms with Crippen LogP contribution >= 0.6 is 11.6 Å². The van der Waals surface area contributed by atoms with Crippen molar-refractivity contribution in [2.75, 3.05) is 14.2 Å². The molecule has 2 aromatic rings. The van der Waals surface area contributed by atoms with Crippen molar-refractivity contribution in [2.45, 2.75) is 6.04 Å². The summed E-state index contributed by atoms with van der Waals surface area (Å²) in [6.45, 7) is 0. The number of carbonyl (C=O) groups excluding carboxylic acids is 2. The van der Waals surface area contributed by atoms with Gasteiger partial charge in [-0.1, -0.05) is 17.7 Å². The van der Waals surface area contributed by atoms with Crippen LogP contribution in [0.2, 0.25) is 5.02 Å². The van der Waals surface area contributed by atoms with Gasteiger partial charge in [0, 0.05) is 17.6 Å². The third kappa shape index (κ3) is 2.88. The zero-order chi connectivity index (χ0) is 19.0. The number of phenolic OH excluding ortho intramolecular Hbond substituents is 1. The number of carbonyl (C=O) groups is 2. The van der Waals surface area contributed by atoms with Crippen LogP contribution in [-0.2, 0) is 9.59 Å². The second-order valence-electron chi connectivity index (χ2n) is 5.85. The molecule has 0 aliphatic carbocycles. The van der Waals surface area contributed by atoms with Crippen LogP contribution in [0.5, 0.6) is 11.5 Å². The van der Waals surface area contributed by atoms with Gasteiger partial charge in [0.1, 0.15) is 5.76 Å². The molecular weight excluding hydrogens is 358 g/mol. The SMILES string of the molecule is COc1cc([C@H]2C(=C(O)c3ccc(Cl)cc3)C(=O)C(=O)N2C)ccc1O. The topological polar surface area (TPSA) is 87.1 Å². The first-order valence-electron chi connectivity index (χ1n) is 7.72. The Morgan fingerprint density at radius 2 is 1.81 bits per heavy atom. The zero-order valence-electron chi connectivity index (χ0n) is 14.1. The number of amides is 1. The molecular formula is C19H16ClNO5. The molecule has 1 aliphatic rings. The summed E-state index contributed by atoms with van der Waals surface area (Å²) < 4.78 is 5.10. The molecule has 1 aliphatic heterocycles. The van der Waals surface area contributed by atoms with E-state index in [4.69, 9.17) is 16.3 Å². The van der Waals surface area contributed by atoms with Gasteiger partial charge < -0.3 is 19.8 Å². The Bertz CT molecular complexity index is 920. The van der Waals surface area contributed by atoms with Gasteiger partial charge in [0.15, 0.2) is 11.5 Å². The van der Waals surface area contributed by atoms with Crippen LogP contribution in [0, 0.1) is 0 Å². The number of ether oxygens (including phenoxy) is 1. The van der Waals surface area contributed by atoms with Crippen LogP contribution < -0.4 is 4.74 Å². The van der Waals surface area contributed by atoms with E-state index in [1.807, 2.05) is 0 Å². The molecule has 26 heavy (non-hydrogen) atoms. The van der Waals surface area contributed by atoms with Gasteiger partial charge in [-0.15, -0.1) is 0 Å². The van der Waals surface area contributed by atoms with Crippen LogP contribution in [-0.4, -0.2) is 41.0 Å². The molecule has 1 saturated heterocycles. The molecule has 1 fully saturated rings. The minimum absolute atomic E-state index is 0.0347. The maximum atomic E-state index is 12.5. The summed E-state index contributed by atoms with van der Waals surface area (Å²) >= 11 is 5.86. The number of likely N-dealkylation sites (tertiary alicyclic amines) is 1. The minimum Gasteiger partial charge on any atom is -0.507 e. The fraction of sp³-hybridized carbons (Fsp3) is 0.158. The molecule has 0 saturated carbocycles. The molecule has 0 aromatic heterocycles. The van der Waals surface area contributed by atoms with Gasteiger partial charge in [0.05, 0.1) is 18.7 Å². The first kappa shape index (κ1) is 17.8. The highest BCUT2D eigenvalue weighted by Crippen LogP contribution is 2.40. The molecule has 134 valence electrons. The van der Waals surface area contributed by atoms with Gasteiger partial charge in [-0.25, -0.2) is 0 Å². The van der Waals surface area contributed by atoms with E-state index in [1.165, 1.54) is 31.2 Å². The van der Waals surface area contributed by atoms with Gasteiger partial charge in [-0.3, -0.25) is 9.59 Å². The highest BCUT2D eigenvalue weighted by Gasteiger charge is 2.44. The van der Waals surface area contributed by atoms with E-state index in [2.05, 4.69) is 0 Å². The lowest BCUT2D eigenvalue weighted by atomic mass is 9.95. The summed E-state index contributed by atoms with van der Waals surface area (Å²) in [4.78, 5) is 26.0. The van der Waals surface area contributed by atoms with E-state index >= 15 is 0 Å². The van der Waals surface area contributed by atoms with Crippen molar-refractivity contribution in [3.05, 3.63) is 64.2 Å². The van der Waals surface area contributed by atoms with Crippen molar-refractivity contribution in [3.8, 4) is 11.5 Å². The van der Waals surface area contributed by atoms with Crippen LogP contribution in [0.25, 0.3) is 5.76 Å². The molecule has 0 spiro atoms. The lowest BCUT2D eigenvalue weighted by Gasteiger charge is -2.21. The van der Waals surface area contributed by atoms with E-state index < -0.39 is 17.7 Å². The average molecular weight is 374 g/mol. The van der Waals surface area contributed by atoms with Gasteiger partial charge in [-0.2, -0.15) is 0 Å². The monoisotopic (exact) mass is 373 g/mol. The standard InChI is InChI=1S/C19H16ClNO5/c1-21-16(11-5-8-13(22)14(9-11)26-2)15(18(24)19(21)25)17(23)10-3-6-12(20)7-4-10/h3-9,16,22-23H,1-2H3/t16-/m0/s1. The number of aliphatic hydroxyl groups is 1. The number of hydrogen-bond acceptors (Lipinski definition) is 5. The van der Waals surface area contributed by atoms with Crippen molar-refractivity contribution in [1.82, 2.24) is 4.90 Å². The number of ketones is 1. The summed E-state index contributed by atoms with van der Waals surface area (Å²) in [5, 5.41) is 21.0. The molecule has 7 heteroatoms. The number of halogens is 1. The predicted molar refractivity (Wildman–Crippen MR) is 96.2 cm³/mol. The molecule has 1 heterocycles. The summed E-state index contributed by atoms with van der Waals surface area (Å²) in [5.41, 5.74) is 0.862. The highest BCUT2D eigenvalue weighted by atomic mass is 35.5. The lowest BCUT2D eigenvalue weighted by molar-refractivity contribution is -0.139. The quantitative estimate of drug-likeness (QED) is 0.490. The Hall–Kier alpha value is -2.99.